The highest BCUT2D eigenvalue weighted by Gasteiger charge is 2.57. The lowest BCUT2D eigenvalue weighted by Gasteiger charge is -2.41. The highest BCUT2D eigenvalue weighted by atomic mass is 35.5. The van der Waals surface area contributed by atoms with Crippen molar-refractivity contribution in [1.82, 2.24) is 9.32 Å². The highest BCUT2D eigenvalue weighted by Crippen LogP contribution is 2.43. The lowest BCUT2D eigenvalue weighted by molar-refractivity contribution is 0.108. The molecule has 1 aliphatic rings. The van der Waals surface area contributed by atoms with E-state index in [2.05, 4.69) is 0 Å². The van der Waals surface area contributed by atoms with Gasteiger partial charge in [0.2, 0.25) is 0 Å². The average Bonchev–Trinajstić information content (AvgIpc) is 2.10. The van der Waals surface area contributed by atoms with Crippen molar-refractivity contribution in [2.24, 2.45) is 0 Å². The van der Waals surface area contributed by atoms with E-state index in [-0.39, 0.29) is 23.2 Å². The van der Waals surface area contributed by atoms with Crippen LogP contribution >= 0.6 is 11.8 Å². The number of rotatable bonds is 1. The Kier molecular flexibility index (Phi) is 2.51. The van der Waals surface area contributed by atoms with Gasteiger partial charge in [0.15, 0.2) is 0 Å². The van der Waals surface area contributed by atoms with Crippen molar-refractivity contribution in [3.05, 3.63) is 0 Å². The zero-order chi connectivity index (χ0) is 11.3. The zero-order valence-electron chi connectivity index (χ0n) is 9.76. The van der Waals surface area contributed by atoms with Gasteiger partial charge in [-0.2, -0.15) is 0 Å². The minimum Gasteiger partial charge on any atom is -0.314 e. The number of carbonyl (C=O) groups is 1. The van der Waals surface area contributed by atoms with Crippen LogP contribution in [0.25, 0.3) is 0 Å². The summed E-state index contributed by atoms with van der Waals surface area (Å²) in [4.78, 5) is 13.7. The first-order chi connectivity index (χ1) is 6.14. The van der Waals surface area contributed by atoms with E-state index in [1.807, 2.05) is 46.4 Å². The number of hydrogen-bond acceptors (Lipinski definition) is 1. The summed E-state index contributed by atoms with van der Waals surface area (Å²) < 4.78 is 1.31. The summed E-state index contributed by atoms with van der Waals surface area (Å²) in [6, 6.07) is 0.0668. The molecular formula is C10H19ClN2O. The molecule has 0 radical (unpaired) electrons. The minimum atomic E-state index is -0.351. The van der Waals surface area contributed by atoms with Gasteiger partial charge in [0.1, 0.15) is 0 Å². The molecule has 0 bridgehead atoms. The minimum absolute atomic E-state index is 0.100. The molecule has 0 aliphatic carbocycles. The third-order valence-electron chi connectivity index (χ3n) is 3.48. The fourth-order valence-electron chi connectivity index (χ4n) is 1.97. The van der Waals surface area contributed by atoms with Gasteiger partial charge in [-0.05, 0) is 41.5 Å². The van der Waals surface area contributed by atoms with E-state index >= 15 is 0 Å². The fraction of sp³-hybridized carbons (Fsp3) is 0.900. The molecule has 4 heteroatoms. The largest absolute Gasteiger partial charge is 0.335 e. The maximum atomic E-state index is 11.9. The molecule has 3 nitrogen and oxygen atoms in total. The zero-order valence-corrected chi connectivity index (χ0v) is 10.5. The molecule has 0 aromatic rings. The van der Waals surface area contributed by atoms with E-state index in [4.69, 9.17) is 11.8 Å². The van der Waals surface area contributed by atoms with Gasteiger partial charge in [-0.3, -0.25) is 0 Å². The molecule has 2 amide bonds. The first kappa shape index (κ1) is 11.6. The van der Waals surface area contributed by atoms with Crippen LogP contribution in [-0.2, 0) is 0 Å². The van der Waals surface area contributed by atoms with Crippen LogP contribution in [0.15, 0.2) is 0 Å². The van der Waals surface area contributed by atoms with Crippen molar-refractivity contribution in [1.29, 1.82) is 0 Å². The number of urea groups is 1. The Hall–Kier alpha value is -0.440. The summed E-state index contributed by atoms with van der Waals surface area (Å²) in [5, 5.41) is 0. The molecule has 1 saturated heterocycles. The molecule has 82 valence electrons. The molecular weight excluding hydrogens is 200 g/mol. The summed E-state index contributed by atoms with van der Waals surface area (Å²) in [5.74, 6) is 0. The van der Waals surface area contributed by atoms with Crippen LogP contribution in [0.1, 0.15) is 41.5 Å². The molecule has 1 rings (SSSR count). The topological polar surface area (TPSA) is 23.6 Å². The van der Waals surface area contributed by atoms with Gasteiger partial charge in [-0.15, -0.1) is 0 Å². The second kappa shape index (κ2) is 3.02. The third-order valence-corrected chi connectivity index (χ3v) is 4.05. The first-order valence-corrected chi connectivity index (χ1v) is 5.27. The standard InChI is InChI=1S/C10H19ClN2O/c1-7(2)12-8(14)13(11)10(5,6)9(12,3)4/h7H,1-6H3. The number of halogens is 1. The fourth-order valence-corrected chi connectivity index (χ4v) is 2.26. The van der Waals surface area contributed by atoms with Crippen molar-refractivity contribution in [3.63, 3.8) is 0 Å². The van der Waals surface area contributed by atoms with Gasteiger partial charge in [-0.1, -0.05) is 0 Å². The van der Waals surface area contributed by atoms with Crippen LogP contribution in [-0.4, -0.2) is 32.5 Å². The van der Waals surface area contributed by atoms with Crippen molar-refractivity contribution in [3.8, 4) is 0 Å². The quantitative estimate of drug-likeness (QED) is 0.621. The predicted octanol–water partition coefficient (Wildman–Crippen LogP) is 2.84. The summed E-state index contributed by atoms with van der Waals surface area (Å²) in [7, 11) is 0. The normalized spacial score (nSPS) is 25.0. The lowest BCUT2D eigenvalue weighted by atomic mass is 9.83. The van der Waals surface area contributed by atoms with Crippen molar-refractivity contribution in [2.45, 2.75) is 58.7 Å². The molecule has 1 aliphatic heterocycles. The molecule has 1 heterocycles. The maximum Gasteiger partial charge on any atom is 0.335 e. The van der Waals surface area contributed by atoms with Gasteiger partial charge in [0, 0.05) is 17.8 Å². The SMILES string of the molecule is CC(C)N1C(=O)N(Cl)C(C)(C)C1(C)C. The summed E-state index contributed by atoms with van der Waals surface area (Å²) >= 11 is 6.02. The summed E-state index contributed by atoms with van der Waals surface area (Å²) in [6.45, 7) is 12.1. The Bertz CT molecular complexity index is 261. The monoisotopic (exact) mass is 218 g/mol. The van der Waals surface area contributed by atoms with Crippen LogP contribution in [0.3, 0.4) is 0 Å². The second-order valence-corrected chi connectivity index (χ2v) is 5.48. The lowest BCUT2D eigenvalue weighted by Crippen LogP contribution is -2.54. The molecule has 0 aromatic carbocycles. The third kappa shape index (κ3) is 1.22. The highest BCUT2D eigenvalue weighted by molar-refractivity contribution is 6.22. The molecule has 14 heavy (non-hydrogen) atoms. The van der Waals surface area contributed by atoms with Crippen LogP contribution in [0, 0.1) is 0 Å². The smallest absolute Gasteiger partial charge is 0.314 e. The van der Waals surface area contributed by atoms with Crippen LogP contribution in [0.2, 0.25) is 0 Å². The van der Waals surface area contributed by atoms with Crippen LogP contribution < -0.4 is 0 Å². The number of hydrogen-bond donors (Lipinski definition) is 0. The van der Waals surface area contributed by atoms with Gasteiger partial charge in [0.25, 0.3) is 0 Å². The van der Waals surface area contributed by atoms with Gasteiger partial charge in [-0.25, -0.2) is 9.21 Å². The Morgan fingerprint density at radius 2 is 1.57 bits per heavy atom. The molecule has 1 fully saturated rings. The second-order valence-electron chi connectivity index (χ2n) is 5.15. The van der Waals surface area contributed by atoms with E-state index in [0.717, 1.165) is 0 Å². The van der Waals surface area contributed by atoms with Crippen molar-refractivity contribution < 1.29 is 4.79 Å². The molecule has 0 saturated carbocycles. The van der Waals surface area contributed by atoms with E-state index < -0.39 is 0 Å². The number of nitrogens with zero attached hydrogens (tertiary/aromatic N) is 2. The Morgan fingerprint density at radius 3 is 1.71 bits per heavy atom. The van der Waals surface area contributed by atoms with E-state index in [0.29, 0.717) is 0 Å². The van der Waals surface area contributed by atoms with E-state index in [9.17, 15) is 4.79 Å². The van der Waals surface area contributed by atoms with Crippen molar-refractivity contribution in [2.75, 3.05) is 0 Å². The Labute approximate surface area is 91.1 Å². The Morgan fingerprint density at radius 1 is 1.14 bits per heavy atom. The summed E-state index contributed by atoms with van der Waals surface area (Å²) in [5.41, 5.74) is -0.601. The molecule has 0 atom stereocenters. The van der Waals surface area contributed by atoms with Gasteiger partial charge in [0.05, 0.1) is 11.1 Å². The number of carbonyl (C=O) groups excluding carboxylic acids is 1. The molecule has 0 N–H and O–H groups in total. The maximum absolute atomic E-state index is 11.9. The predicted molar refractivity (Wildman–Crippen MR) is 58.2 cm³/mol. The van der Waals surface area contributed by atoms with Crippen molar-refractivity contribution >= 4 is 17.8 Å². The van der Waals surface area contributed by atoms with E-state index in [1.165, 1.54) is 4.42 Å². The van der Waals surface area contributed by atoms with E-state index in [1.54, 1.807) is 0 Å². The molecule has 0 spiro atoms. The van der Waals surface area contributed by atoms with Gasteiger partial charge >= 0.3 is 6.03 Å². The Balaban J connectivity index is 3.18. The van der Waals surface area contributed by atoms with Gasteiger partial charge < -0.3 is 4.90 Å². The summed E-state index contributed by atoms with van der Waals surface area (Å²) in [6.07, 6.45) is 0. The number of amides is 2. The van der Waals surface area contributed by atoms with Crippen LogP contribution in [0.4, 0.5) is 4.79 Å². The van der Waals surface area contributed by atoms with Crippen LogP contribution in [0.5, 0.6) is 0 Å². The molecule has 0 aromatic heterocycles. The molecule has 0 unspecified atom stereocenters. The average molecular weight is 219 g/mol. The first-order valence-electron chi connectivity index (χ1n) is 4.93.